The number of aromatic nitrogens is 1. The summed E-state index contributed by atoms with van der Waals surface area (Å²) in [7, 11) is 0. The van der Waals surface area contributed by atoms with E-state index in [0.717, 1.165) is 0 Å². The van der Waals surface area contributed by atoms with Gasteiger partial charge in [-0.3, -0.25) is 0 Å². The second kappa shape index (κ2) is 6.03. The predicted molar refractivity (Wildman–Crippen MR) is 69.7 cm³/mol. The van der Waals surface area contributed by atoms with Gasteiger partial charge >= 0.3 is 6.18 Å². The van der Waals surface area contributed by atoms with Crippen LogP contribution in [0.1, 0.15) is 5.69 Å². The first-order valence-corrected chi connectivity index (χ1v) is 6.28. The van der Waals surface area contributed by atoms with E-state index in [1.165, 1.54) is 12.3 Å². The van der Waals surface area contributed by atoms with Crippen LogP contribution in [0.5, 0.6) is 0 Å². The van der Waals surface area contributed by atoms with Crippen molar-refractivity contribution in [2.75, 3.05) is 6.54 Å². The molecule has 20 heavy (non-hydrogen) atoms. The molecule has 0 aliphatic heterocycles. The van der Waals surface area contributed by atoms with Crippen LogP contribution in [0.4, 0.5) is 13.2 Å². The number of benzene rings is 1. The Balaban J connectivity index is 2.05. The zero-order chi connectivity index (χ0) is 14.8. The van der Waals surface area contributed by atoms with Gasteiger partial charge in [0.25, 0.3) is 0 Å². The van der Waals surface area contributed by atoms with E-state index in [-0.39, 0.29) is 12.4 Å². The highest BCUT2D eigenvalue weighted by Crippen LogP contribution is 2.29. The minimum Gasteiger partial charge on any atom is -0.444 e. The standard InChI is InChI=1S/C12H9Cl2F3N2O/c13-7-1-2-9(10(14)3-7)11-19-8(5-20-11)4-18-6-12(15,16)17/h1-3,5,18H,4,6H2. The molecule has 1 heterocycles. The Morgan fingerprint density at radius 1 is 1.25 bits per heavy atom. The Hall–Kier alpha value is -1.24. The minimum absolute atomic E-state index is 0.0474. The van der Waals surface area contributed by atoms with E-state index in [1.807, 2.05) is 0 Å². The van der Waals surface area contributed by atoms with Gasteiger partial charge < -0.3 is 9.73 Å². The second-order valence-corrected chi connectivity index (χ2v) is 4.83. The van der Waals surface area contributed by atoms with Gasteiger partial charge in [-0.1, -0.05) is 23.2 Å². The maximum atomic E-state index is 12.0. The fourth-order valence-corrected chi connectivity index (χ4v) is 2.00. The van der Waals surface area contributed by atoms with E-state index in [4.69, 9.17) is 27.6 Å². The molecule has 0 saturated carbocycles. The summed E-state index contributed by atoms with van der Waals surface area (Å²) < 4.78 is 41.1. The summed E-state index contributed by atoms with van der Waals surface area (Å²) in [6.45, 7) is -1.13. The topological polar surface area (TPSA) is 38.1 Å². The Morgan fingerprint density at radius 3 is 2.65 bits per heavy atom. The van der Waals surface area contributed by atoms with Gasteiger partial charge in [-0.15, -0.1) is 0 Å². The van der Waals surface area contributed by atoms with Crippen LogP contribution in [-0.2, 0) is 6.54 Å². The van der Waals surface area contributed by atoms with Crippen LogP contribution in [0.2, 0.25) is 10.0 Å². The van der Waals surface area contributed by atoms with Crippen LogP contribution < -0.4 is 5.32 Å². The molecule has 2 aromatic rings. The molecular formula is C12H9Cl2F3N2O. The molecule has 0 amide bonds. The maximum absolute atomic E-state index is 12.0. The van der Waals surface area contributed by atoms with E-state index in [2.05, 4.69) is 10.3 Å². The Morgan fingerprint density at radius 2 is 2.00 bits per heavy atom. The zero-order valence-electron chi connectivity index (χ0n) is 9.97. The molecule has 0 unspecified atom stereocenters. The zero-order valence-corrected chi connectivity index (χ0v) is 11.5. The average molecular weight is 325 g/mol. The van der Waals surface area contributed by atoms with Crippen LogP contribution in [-0.4, -0.2) is 17.7 Å². The van der Waals surface area contributed by atoms with Gasteiger partial charge in [-0.05, 0) is 18.2 Å². The van der Waals surface area contributed by atoms with Gasteiger partial charge in [-0.2, -0.15) is 13.2 Å². The van der Waals surface area contributed by atoms with Crippen molar-refractivity contribution in [2.24, 2.45) is 0 Å². The van der Waals surface area contributed by atoms with Crippen molar-refractivity contribution in [3.05, 3.63) is 40.2 Å². The summed E-state index contributed by atoms with van der Waals surface area (Å²) in [6.07, 6.45) is -2.98. The molecule has 0 fully saturated rings. The van der Waals surface area contributed by atoms with E-state index >= 15 is 0 Å². The number of nitrogens with one attached hydrogen (secondary N) is 1. The van der Waals surface area contributed by atoms with Crippen LogP contribution in [0.15, 0.2) is 28.9 Å². The lowest BCUT2D eigenvalue weighted by atomic mass is 10.2. The number of hydrogen-bond acceptors (Lipinski definition) is 3. The summed E-state index contributed by atoms with van der Waals surface area (Å²) in [6, 6.07) is 4.78. The number of rotatable bonds is 4. The van der Waals surface area contributed by atoms with Gasteiger partial charge in [-0.25, -0.2) is 4.98 Å². The maximum Gasteiger partial charge on any atom is 0.401 e. The lowest BCUT2D eigenvalue weighted by Crippen LogP contribution is -2.28. The lowest BCUT2D eigenvalue weighted by molar-refractivity contribution is -0.125. The highest BCUT2D eigenvalue weighted by molar-refractivity contribution is 6.36. The third-order valence-electron chi connectivity index (χ3n) is 2.34. The predicted octanol–water partition coefficient (Wildman–Crippen LogP) is 4.30. The van der Waals surface area contributed by atoms with E-state index in [0.29, 0.717) is 21.3 Å². The van der Waals surface area contributed by atoms with Crippen LogP contribution >= 0.6 is 23.2 Å². The SMILES string of the molecule is FC(F)(F)CNCc1coc(-c2ccc(Cl)cc2Cl)n1. The molecule has 0 atom stereocenters. The normalized spacial score (nSPS) is 11.8. The molecule has 8 heteroatoms. The number of alkyl halides is 3. The molecule has 3 nitrogen and oxygen atoms in total. The van der Waals surface area contributed by atoms with Crippen molar-refractivity contribution < 1.29 is 17.6 Å². The fourth-order valence-electron chi connectivity index (χ4n) is 1.51. The van der Waals surface area contributed by atoms with Crippen molar-refractivity contribution in [3.8, 4) is 11.5 Å². The number of halogens is 5. The number of nitrogens with zero attached hydrogens (tertiary/aromatic N) is 1. The number of hydrogen-bond donors (Lipinski definition) is 1. The smallest absolute Gasteiger partial charge is 0.401 e. The molecule has 0 aliphatic rings. The molecular weight excluding hydrogens is 316 g/mol. The Labute approximate surface area is 122 Å². The Bertz CT molecular complexity index is 599. The van der Waals surface area contributed by atoms with Gasteiger partial charge in [0.05, 0.1) is 22.8 Å². The van der Waals surface area contributed by atoms with E-state index in [1.54, 1.807) is 12.1 Å². The molecule has 0 aliphatic carbocycles. The molecule has 0 spiro atoms. The molecule has 1 N–H and O–H groups in total. The van der Waals surface area contributed by atoms with Crippen molar-refractivity contribution in [1.29, 1.82) is 0 Å². The lowest BCUT2D eigenvalue weighted by Gasteiger charge is -2.05. The van der Waals surface area contributed by atoms with Gasteiger partial charge in [0.1, 0.15) is 6.26 Å². The van der Waals surface area contributed by atoms with E-state index < -0.39 is 12.7 Å². The average Bonchev–Trinajstić information content (AvgIpc) is 2.75. The van der Waals surface area contributed by atoms with Gasteiger partial charge in [0.2, 0.25) is 5.89 Å². The Kier molecular flexibility index (Phi) is 4.57. The third kappa shape index (κ3) is 4.13. The summed E-state index contributed by atoms with van der Waals surface area (Å²) in [5, 5.41) is 3.05. The molecule has 1 aromatic carbocycles. The summed E-state index contributed by atoms with van der Waals surface area (Å²) in [5.41, 5.74) is 0.883. The van der Waals surface area contributed by atoms with Crippen LogP contribution in [0.25, 0.3) is 11.5 Å². The molecule has 0 bridgehead atoms. The monoisotopic (exact) mass is 324 g/mol. The van der Waals surface area contributed by atoms with Crippen LogP contribution in [0.3, 0.4) is 0 Å². The van der Waals surface area contributed by atoms with Gasteiger partial charge in [0, 0.05) is 11.6 Å². The molecule has 0 saturated heterocycles. The third-order valence-corrected chi connectivity index (χ3v) is 2.89. The quantitative estimate of drug-likeness (QED) is 0.911. The summed E-state index contributed by atoms with van der Waals surface area (Å²) in [5.74, 6) is 0.232. The largest absolute Gasteiger partial charge is 0.444 e. The first-order valence-electron chi connectivity index (χ1n) is 5.52. The van der Waals surface area contributed by atoms with Crippen molar-refractivity contribution in [3.63, 3.8) is 0 Å². The highest BCUT2D eigenvalue weighted by Gasteiger charge is 2.26. The van der Waals surface area contributed by atoms with Crippen LogP contribution in [0, 0.1) is 0 Å². The molecule has 108 valence electrons. The first-order chi connectivity index (χ1) is 9.35. The first kappa shape index (κ1) is 15.2. The highest BCUT2D eigenvalue weighted by atomic mass is 35.5. The summed E-state index contributed by atoms with van der Waals surface area (Å²) in [4.78, 5) is 4.07. The molecule has 1 aromatic heterocycles. The van der Waals surface area contributed by atoms with Crippen molar-refractivity contribution in [1.82, 2.24) is 10.3 Å². The van der Waals surface area contributed by atoms with Gasteiger partial charge in [0.15, 0.2) is 0 Å². The molecule has 0 radical (unpaired) electrons. The summed E-state index contributed by atoms with van der Waals surface area (Å²) >= 11 is 11.8. The van der Waals surface area contributed by atoms with E-state index in [9.17, 15) is 13.2 Å². The molecule has 2 rings (SSSR count). The van der Waals surface area contributed by atoms with Crippen molar-refractivity contribution in [2.45, 2.75) is 12.7 Å². The minimum atomic E-state index is -4.26. The number of oxazole rings is 1. The second-order valence-electron chi connectivity index (χ2n) is 3.99. The van der Waals surface area contributed by atoms with Crippen molar-refractivity contribution >= 4 is 23.2 Å². The fraction of sp³-hybridized carbons (Fsp3) is 0.250.